The number of halogens is 1. The first-order valence-electron chi connectivity index (χ1n) is 8.96. The highest BCUT2D eigenvalue weighted by Gasteiger charge is 2.24. The predicted molar refractivity (Wildman–Crippen MR) is 100 cm³/mol. The highest BCUT2D eigenvalue weighted by atomic mass is 19.1. The van der Waals surface area contributed by atoms with Gasteiger partial charge in [-0.25, -0.2) is 4.39 Å². The Morgan fingerprint density at radius 2 is 2.12 bits per heavy atom. The fraction of sp³-hybridized carbons (Fsp3) is 0.400. The average molecular weight is 356 g/mol. The lowest BCUT2D eigenvalue weighted by Crippen LogP contribution is -2.38. The van der Waals surface area contributed by atoms with E-state index in [-0.39, 0.29) is 11.7 Å². The molecule has 1 saturated heterocycles. The molecule has 0 saturated carbocycles. The number of likely N-dealkylation sites (N-methyl/N-ethyl adjacent to an activating group) is 1. The second-order valence-electron chi connectivity index (χ2n) is 6.85. The molecule has 0 unspecified atom stereocenters. The smallest absolute Gasteiger partial charge is 0.234 e. The second-order valence-corrected chi connectivity index (χ2v) is 6.85. The van der Waals surface area contributed by atoms with Crippen molar-refractivity contribution in [3.05, 3.63) is 60.2 Å². The number of aromatic nitrogens is 1. The minimum atomic E-state index is -0.187. The maximum atomic E-state index is 13.9. The molecule has 1 aromatic carbocycles. The van der Waals surface area contributed by atoms with Crippen molar-refractivity contribution in [2.24, 2.45) is 5.92 Å². The Morgan fingerprint density at radius 1 is 1.31 bits per heavy atom. The molecule has 0 spiro atoms. The normalized spacial score (nSPS) is 16.9. The van der Waals surface area contributed by atoms with Gasteiger partial charge < -0.3 is 10.2 Å². The van der Waals surface area contributed by atoms with Crippen LogP contribution in [0.5, 0.6) is 0 Å². The van der Waals surface area contributed by atoms with Crippen molar-refractivity contribution in [2.75, 3.05) is 38.1 Å². The number of rotatable bonds is 7. The third kappa shape index (κ3) is 5.02. The van der Waals surface area contributed by atoms with Gasteiger partial charge in [-0.2, -0.15) is 0 Å². The van der Waals surface area contributed by atoms with Crippen molar-refractivity contribution in [1.29, 1.82) is 0 Å². The van der Waals surface area contributed by atoms with Crippen LogP contribution in [0.4, 0.5) is 10.1 Å². The fourth-order valence-electron chi connectivity index (χ4n) is 3.31. The van der Waals surface area contributed by atoms with Crippen molar-refractivity contribution in [3.63, 3.8) is 0 Å². The zero-order chi connectivity index (χ0) is 18.4. The number of amides is 1. The highest BCUT2D eigenvalue weighted by molar-refractivity contribution is 5.78. The van der Waals surface area contributed by atoms with Crippen molar-refractivity contribution in [1.82, 2.24) is 15.2 Å². The summed E-state index contributed by atoms with van der Waals surface area (Å²) < 4.78 is 13.9. The van der Waals surface area contributed by atoms with E-state index in [1.807, 2.05) is 42.3 Å². The maximum absolute atomic E-state index is 13.9. The Hall–Kier alpha value is -2.47. The summed E-state index contributed by atoms with van der Waals surface area (Å²) >= 11 is 0. The summed E-state index contributed by atoms with van der Waals surface area (Å²) in [5.74, 6) is 0.167. The van der Waals surface area contributed by atoms with Crippen LogP contribution in [-0.4, -0.2) is 49.0 Å². The summed E-state index contributed by atoms with van der Waals surface area (Å²) in [6, 6.07) is 12.6. The van der Waals surface area contributed by atoms with Crippen molar-refractivity contribution < 1.29 is 9.18 Å². The van der Waals surface area contributed by atoms with Crippen LogP contribution in [0.3, 0.4) is 0 Å². The molecule has 2 aromatic rings. The first-order valence-corrected chi connectivity index (χ1v) is 8.96. The van der Waals surface area contributed by atoms with Crippen LogP contribution in [0.1, 0.15) is 12.1 Å². The zero-order valence-corrected chi connectivity index (χ0v) is 15.1. The van der Waals surface area contributed by atoms with Gasteiger partial charge in [0.25, 0.3) is 0 Å². The number of carbonyl (C=O) groups is 1. The van der Waals surface area contributed by atoms with E-state index >= 15 is 0 Å². The Bertz CT molecular complexity index is 725. The van der Waals surface area contributed by atoms with Gasteiger partial charge in [0.2, 0.25) is 5.91 Å². The molecule has 1 aliphatic rings. The third-order valence-corrected chi connectivity index (χ3v) is 4.64. The monoisotopic (exact) mass is 356 g/mol. The summed E-state index contributed by atoms with van der Waals surface area (Å²) in [4.78, 5) is 20.4. The van der Waals surface area contributed by atoms with Gasteiger partial charge in [-0.05, 0) is 43.7 Å². The van der Waals surface area contributed by atoms with Gasteiger partial charge in [-0.1, -0.05) is 18.2 Å². The molecule has 1 aromatic heterocycles. The van der Waals surface area contributed by atoms with Crippen LogP contribution >= 0.6 is 0 Å². The minimum Gasteiger partial charge on any atom is -0.369 e. The number of benzene rings is 1. The molecule has 2 heterocycles. The minimum absolute atomic E-state index is 0.00720. The molecule has 5 nitrogen and oxygen atoms in total. The van der Waals surface area contributed by atoms with Crippen molar-refractivity contribution >= 4 is 11.6 Å². The predicted octanol–water partition coefficient (Wildman–Crippen LogP) is 2.30. The third-order valence-electron chi connectivity index (χ3n) is 4.64. The first-order chi connectivity index (χ1) is 12.6. The summed E-state index contributed by atoms with van der Waals surface area (Å²) in [6.45, 7) is 3.19. The number of pyridine rings is 1. The molecule has 138 valence electrons. The summed E-state index contributed by atoms with van der Waals surface area (Å²) in [6.07, 6.45) is 2.71. The Morgan fingerprint density at radius 3 is 2.88 bits per heavy atom. The Labute approximate surface area is 153 Å². The van der Waals surface area contributed by atoms with Crippen LogP contribution in [0, 0.1) is 11.7 Å². The molecule has 1 amide bonds. The lowest BCUT2D eigenvalue weighted by molar-refractivity contribution is -0.122. The van der Waals surface area contributed by atoms with Gasteiger partial charge in [0, 0.05) is 32.4 Å². The van der Waals surface area contributed by atoms with E-state index in [0.717, 1.165) is 25.2 Å². The maximum Gasteiger partial charge on any atom is 0.234 e. The van der Waals surface area contributed by atoms with Gasteiger partial charge in [-0.3, -0.25) is 14.7 Å². The number of hydrogen-bond acceptors (Lipinski definition) is 4. The zero-order valence-electron chi connectivity index (χ0n) is 15.1. The van der Waals surface area contributed by atoms with Crippen LogP contribution in [0.25, 0.3) is 0 Å². The van der Waals surface area contributed by atoms with E-state index in [2.05, 4.69) is 15.2 Å². The van der Waals surface area contributed by atoms with Crippen molar-refractivity contribution in [2.45, 2.75) is 13.0 Å². The number of carbonyl (C=O) groups excluding carboxylic acids is 1. The van der Waals surface area contributed by atoms with Gasteiger partial charge >= 0.3 is 0 Å². The first kappa shape index (κ1) is 18.3. The number of para-hydroxylation sites is 1. The average Bonchev–Trinajstić information content (AvgIpc) is 3.10. The number of anilines is 1. The molecule has 1 N–H and O–H groups in total. The molecule has 0 radical (unpaired) electrons. The van der Waals surface area contributed by atoms with E-state index < -0.39 is 0 Å². The molecule has 6 heteroatoms. The lowest BCUT2D eigenvalue weighted by atomic mass is 10.1. The largest absolute Gasteiger partial charge is 0.369 e. The summed E-state index contributed by atoms with van der Waals surface area (Å²) in [7, 11) is 1.91. The molecule has 0 aliphatic carbocycles. The molecule has 3 rings (SSSR count). The van der Waals surface area contributed by atoms with Gasteiger partial charge in [0.1, 0.15) is 5.82 Å². The summed E-state index contributed by atoms with van der Waals surface area (Å²) in [5.41, 5.74) is 1.59. The van der Waals surface area contributed by atoms with E-state index in [0.29, 0.717) is 31.2 Å². The summed E-state index contributed by atoms with van der Waals surface area (Å²) in [5, 5.41) is 3.01. The van der Waals surface area contributed by atoms with Crippen LogP contribution in [-0.2, 0) is 11.3 Å². The number of nitrogens with zero attached hydrogens (tertiary/aromatic N) is 3. The van der Waals surface area contributed by atoms with Crippen molar-refractivity contribution in [3.8, 4) is 0 Å². The van der Waals surface area contributed by atoms with E-state index in [1.165, 1.54) is 6.07 Å². The van der Waals surface area contributed by atoms with Gasteiger partial charge in [0.15, 0.2) is 0 Å². The quantitative estimate of drug-likeness (QED) is 0.827. The molecule has 1 fully saturated rings. The van der Waals surface area contributed by atoms with Gasteiger partial charge in [-0.15, -0.1) is 0 Å². The SMILES string of the molecule is CN(CC(=O)NC[C@@H]1CCN(c2ccccc2F)C1)Cc1ccccn1. The van der Waals surface area contributed by atoms with E-state index in [9.17, 15) is 9.18 Å². The van der Waals surface area contributed by atoms with Crippen LogP contribution < -0.4 is 10.2 Å². The standard InChI is InChI=1S/C20H25FN4O/c1-24(14-17-6-4-5-10-22-17)15-20(26)23-12-16-9-11-25(13-16)19-8-3-2-7-18(19)21/h2-8,10,16H,9,11-15H2,1H3,(H,23,26)/t16-/m0/s1. The Balaban J connectivity index is 1.40. The van der Waals surface area contributed by atoms with Crippen LogP contribution in [0.15, 0.2) is 48.7 Å². The molecule has 1 atom stereocenters. The molecule has 0 bridgehead atoms. The van der Waals surface area contributed by atoms with Gasteiger partial charge in [0.05, 0.1) is 17.9 Å². The Kier molecular flexibility index (Phi) is 6.17. The lowest BCUT2D eigenvalue weighted by Gasteiger charge is -2.20. The topological polar surface area (TPSA) is 48.5 Å². The fourth-order valence-corrected chi connectivity index (χ4v) is 3.31. The number of hydrogen-bond donors (Lipinski definition) is 1. The molecular weight excluding hydrogens is 331 g/mol. The molecular formula is C20H25FN4O. The molecule has 26 heavy (non-hydrogen) atoms. The highest BCUT2D eigenvalue weighted by Crippen LogP contribution is 2.25. The van der Waals surface area contributed by atoms with E-state index in [4.69, 9.17) is 0 Å². The second kappa shape index (κ2) is 8.76. The molecule has 1 aliphatic heterocycles. The van der Waals surface area contributed by atoms with E-state index in [1.54, 1.807) is 12.3 Å². The van der Waals surface area contributed by atoms with Crippen LogP contribution in [0.2, 0.25) is 0 Å². The number of nitrogens with one attached hydrogen (secondary N) is 1.